The fourth-order valence-corrected chi connectivity index (χ4v) is 3.62. The van der Waals surface area contributed by atoms with Crippen molar-refractivity contribution in [2.24, 2.45) is 0 Å². The molecule has 0 spiro atoms. The summed E-state index contributed by atoms with van der Waals surface area (Å²) in [5.74, 6) is -1.88. The number of nitrogens with zero attached hydrogens (tertiary/aromatic N) is 3. The highest BCUT2D eigenvalue weighted by Crippen LogP contribution is 2.29. The van der Waals surface area contributed by atoms with Gasteiger partial charge in [-0.3, -0.25) is 29.4 Å². The van der Waals surface area contributed by atoms with Gasteiger partial charge in [0.2, 0.25) is 11.7 Å². The number of rotatable bonds is 4. The molecule has 0 radical (unpaired) electrons. The Bertz CT molecular complexity index is 1290. The number of fused-ring (bicyclic) bond motifs is 2. The molecule has 33 heavy (non-hydrogen) atoms. The smallest absolute Gasteiger partial charge is 0.329 e. The maximum atomic E-state index is 12.7. The highest BCUT2D eigenvalue weighted by Gasteiger charge is 2.34. The predicted molar refractivity (Wildman–Crippen MR) is 111 cm³/mol. The van der Waals surface area contributed by atoms with E-state index in [4.69, 9.17) is 4.42 Å². The van der Waals surface area contributed by atoms with Crippen molar-refractivity contribution >= 4 is 35.2 Å². The zero-order valence-electron chi connectivity index (χ0n) is 17.0. The first-order valence-corrected chi connectivity index (χ1v) is 9.97. The third kappa shape index (κ3) is 3.55. The molecule has 1 aromatic carbocycles. The molecular formula is C22H15N5O6. The molecule has 0 bridgehead atoms. The molecule has 1 aliphatic carbocycles. The Labute approximate surface area is 185 Å². The van der Waals surface area contributed by atoms with Crippen molar-refractivity contribution in [2.75, 3.05) is 11.4 Å². The minimum Gasteiger partial charge on any atom is -0.447 e. The van der Waals surface area contributed by atoms with Gasteiger partial charge in [-0.05, 0) is 12.1 Å². The van der Waals surface area contributed by atoms with Gasteiger partial charge in [0.25, 0.3) is 5.91 Å². The normalized spacial score (nSPS) is 15.1. The van der Waals surface area contributed by atoms with Gasteiger partial charge >= 0.3 is 6.03 Å². The lowest BCUT2D eigenvalue weighted by Gasteiger charge is -2.24. The first kappa shape index (κ1) is 20.2. The fourth-order valence-electron chi connectivity index (χ4n) is 3.62. The molecule has 5 rings (SSSR count). The van der Waals surface area contributed by atoms with Crippen LogP contribution in [0.4, 0.5) is 10.6 Å². The topological polar surface area (TPSA) is 152 Å². The number of hydrogen-bond acceptors (Lipinski definition) is 8. The summed E-state index contributed by atoms with van der Waals surface area (Å²) in [7, 11) is 0. The zero-order chi connectivity index (χ0) is 23.1. The summed E-state index contributed by atoms with van der Waals surface area (Å²) in [5, 5.41) is 12.7. The van der Waals surface area contributed by atoms with Crippen molar-refractivity contribution in [3.63, 3.8) is 0 Å². The Morgan fingerprint density at radius 2 is 1.76 bits per heavy atom. The van der Waals surface area contributed by atoms with Crippen LogP contribution in [-0.4, -0.2) is 46.2 Å². The molecule has 164 valence electrons. The third-order valence-electron chi connectivity index (χ3n) is 5.29. The summed E-state index contributed by atoms with van der Waals surface area (Å²) in [4.78, 5) is 62.2. The lowest BCUT2D eigenvalue weighted by molar-refractivity contribution is -0.120. The van der Waals surface area contributed by atoms with E-state index >= 15 is 0 Å². The van der Waals surface area contributed by atoms with Gasteiger partial charge in [-0.25, -0.2) is 4.79 Å². The van der Waals surface area contributed by atoms with Crippen LogP contribution >= 0.6 is 0 Å². The van der Waals surface area contributed by atoms with E-state index in [-0.39, 0.29) is 65.2 Å². The summed E-state index contributed by atoms with van der Waals surface area (Å²) in [5.41, 5.74) is 0.950. The minimum atomic E-state index is -0.631. The molecule has 0 atom stereocenters. The van der Waals surface area contributed by atoms with Gasteiger partial charge in [0.1, 0.15) is 0 Å². The maximum absolute atomic E-state index is 12.7. The highest BCUT2D eigenvalue weighted by molar-refractivity contribution is 6.27. The van der Waals surface area contributed by atoms with Crippen molar-refractivity contribution in [3.8, 4) is 0 Å². The highest BCUT2D eigenvalue weighted by atomic mass is 16.4. The van der Waals surface area contributed by atoms with Crippen LogP contribution in [0.2, 0.25) is 0 Å². The van der Waals surface area contributed by atoms with Gasteiger partial charge < -0.3 is 9.73 Å². The van der Waals surface area contributed by atoms with E-state index in [9.17, 15) is 24.0 Å². The van der Waals surface area contributed by atoms with E-state index in [1.165, 1.54) is 17.0 Å². The molecular weight excluding hydrogens is 430 g/mol. The molecule has 4 amide bonds. The van der Waals surface area contributed by atoms with Crippen LogP contribution in [0.5, 0.6) is 0 Å². The van der Waals surface area contributed by atoms with Crippen molar-refractivity contribution in [3.05, 3.63) is 76.4 Å². The van der Waals surface area contributed by atoms with Gasteiger partial charge in [0.05, 0.1) is 17.8 Å². The van der Waals surface area contributed by atoms with Gasteiger partial charge in [0, 0.05) is 30.2 Å². The Hall–Kier alpha value is -4.67. The number of hydrogen-bond donors (Lipinski definition) is 2. The molecule has 11 nitrogen and oxygen atoms in total. The van der Waals surface area contributed by atoms with Gasteiger partial charge in [-0.2, -0.15) is 5.10 Å². The summed E-state index contributed by atoms with van der Waals surface area (Å²) in [6.07, 6.45) is 0.161. The number of aromatic nitrogens is 2. The SMILES string of the molecule is O=C1CCN(c2ccc(CNC(=O)c3cc4c(o3)C(=O)c3ccccc3C4=O)nn2)C(=O)N1. The first-order valence-electron chi connectivity index (χ1n) is 9.97. The molecule has 3 aromatic rings. The number of ketones is 2. The molecule has 1 aliphatic heterocycles. The number of imide groups is 1. The largest absolute Gasteiger partial charge is 0.447 e. The molecule has 3 heterocycles. The third-order valence-corrected chi connectivity index (χ3v) is 5.29. The quantitative estimate of drug-likeness (QED) is 0.476. The van der Waals surface area contributed by atoms with Crippen molar-refractivity contribution in [2.45, 2.75) is 13.0 Å². The molecule has 1 fully saturated rings. The van der Waals surface area contributed by atoms with E-state index in [2.05, 4.69) is 20.8 Å². The lowest BCUT2D eigenvalue weighted by atomic mass is 9.89. The van der Waals surface area contributed by atoms with Crippen molar-refractivity contribution < 1.29 is 28.4 Å². The fraction of sp³-hybridized carbons (Fsp3) is 0.136. The van der Waals surface area contributed by atoms with E-state index in [0.29, 0.717) is 5.69 Å². The number of urea groups is 1. The van der Waals surface area contributed by atoms with E-state index in [1.54, 1.807) is 30.3 Å². The molecule has 0 saturated carbocycles. The molecule has 2 aliphatic rings. The molecule has 1 saturated heterocycles. The molecule has 0 unspecified atom stereocenters. The van der Waals surface area contributed by atoms with Crippen LogP contribution in [0.15, 0.2) is 46.9 Å². The number of nitrogens with one attached hydrogen (secondary N) is 2. The zero-order valence-corrected chi connectivity index (χ0v) is 17.0. The summed E-state index contributed by atoms with van der Waals surface area (Å²) in [6.45, 7) is 0.185. The van der Waals surface area contributed by atoms with Crippen LogP contribution in [0, 0.1) is 0 Å². The number of amides is 4. The van der Waals surface area contributed by atoms with E-state index < -0.39 is 17.7 Å². The lowest BCUT2D eigenvalue weighted by Crippen LogP contribution is -2.50. The number of carbonyl (C=O) groups is 5. The van der Waals surface area contributed by atoms with Crippen LogP contribution < -0.4 is 15.5 Å². The second-order valence-corrected chi connectivity index (χ2v) is 7.38. The number of furan rings is 1. The summed E-state index contributed by atoms with van der Waals surface area (Å²) in [6, 6.07) is 10.2. The monoisotopic (exact) mass is 445 g/mol. The van der Waals surface area contributed by atoms with E-state index in [1.807, 2.05) is 0 Å². The number of carbonyl (C=O) groups excluding carboxylic acids is 5. The van der Waals surface area contributed by atoms with Crippen molar-refractivity contribution in [1.82, 2.24) is 20.8 Å². The molecule has 2 aromatic heterocycles. The minimum absolute atomic E-state index is 0.00964. The predicted octanol–water partition coefficient (Wildman–Crippen LogP) is 1.22. The standard InChI is InChI=1S/C22H15N5O6/c28-17-7-8-27(22(32)24-17)16-6-5-11(25-26-16)10-23-21(31)15-9-14-18(29)12-3-1-2-4-13(12)19(30)20(14)33-15/h1-6,9H,7-8,10H2,(H,23,31)(H,24,28,32). The summed E-state index contributed by atoms with van der Waals surface area (Å²) < 4.78 is 5.42. The molecule has 2 N–H and O–H groups in total. The Kier molecular flexibility index (Phi) is 4.78. The van der Waals surface area contributed by atoms with Crippen LogP contribution in [0.25, 0.3) is 0 Å². The Morgan fingerprint density at radius 1 is 1.00 bits per heavy atom. The second-order valence-electron chi connectivity index (χ2n) is 7.38. The molecule has 11 heteroatoms. The van der Waals surface area contributed by atoms with Crippen molar-refractivity contribution in [1.29, 1.82) is 0 Å². The second kappa shape index (κ2) is 7.79. The van der Waals surface area contributed by atoms with Crippen LogP contribution in [-0.2, 0) is 11.3 Å². The Morgan fingerprint density at radius 3 is 2.45 bits per heavy atom. The Balaban J connectivity index is 1.27. The van der Waals surface area contributed by atoms with Crippen LogP contribution in [0.3, 0.4) is 0 Å². The van der Waals surface area contributed by atoms with Crippen LogP contribution in [0.1, 0.15) is 54.7 Å². The number of benzene rings is 1. The number of anilines is 1. The summed E-state index contributed by atoms with van der Waals surface area (Å²) >= 11 is 0. The first-order chi connectivity index (χ1) is 15.9. The van der Waals surface area contributed by atoms with Gasteiger partial charge in [-0.15, -0.1) is 5.10 Å². The van der Waals surface area contributed by atoms with Gasteiger partial charge in [-0.1, -0.05) is 24.3 Å². The average Bonchev–Trinajstić information content (AvgIpc) is 3.28. The average molecular weight is 445 g/mol. The maximum Gasteiger partial charge on any atom is 0.329 e. The van der Waals surface area contributed by atoms with Gasteiger partial charge in [0.15, 0.2) is 23.1 Å². The van der Waals surface area contributed by atoms with E-state index in [0.717, 1.165) is 0 Å².